The first kappa shape index (κ1) is 35.3. The monoisotopic (exact) mass is 621 g/mol. The maximum absolute atomic E-state index is 10.6. The lowest BCUT2D eigenvalue weighted by atomic mass is 9.92. The minimum atomic E-state index is -5.08. The number of hydrogen-bond acceptors (Lipinski definition) is 6. The van der Waals surface area contributed by atoms with Gasteiger partial charge in [0.2, 0.25) is 0 Å². The Morgan fingerprint density at radius 2 is 1.40 bits per heavy atom. The summed E-state index contributed by atoms with van der Waals surface area (Å²) in [6.45, 7) is 7.30. The van der Waals surface area contributed by atoms with Gasteiger partial charge in [-0.2, -0.15) is 26.3 Å². The number of ether oxygens (including phenoxy) is 2. The highest BCUT2D eigenvalue weighted by molar-refractivity contribution is 5.76. The first-order valence-electron chi connectivity index (χ1n) is 13.0. The average Bonchev–Trinajstić information content (AvgIpc) is 3.36. The molecule has 0 bridgehead atoms. The number of carbonyl (C=O) groups is 2. The molecule has 1 aliphatic rings. The van der Waals surface area contributed by atoms with E-state index in [1.165, 1.54) is 18.4 Å². The number of nitrogens with zero attached hydrogens (tertiary/aromatic N) is 1. The molecule has 0 saturated heterocycles. The van der Waals surface area contributed by atoms with E-state index in [2.05, 4.69) is 48.2 Å². The molecule has 1 aromatic heterocycles. The van der Waals surface area contributed by atoms with E-state index in [-0.39, 0.29) is 5.60 Å². The molecule has 1 heterocycles. The highest BCUT2D eigenvalue weighted by Gasteiger charge is 2.38. The number of halogens is 6. The van der Waals surface area contributed by atoms with E-state index >= 15 is 0 Å². The number of rotatable bonds is 6. The summed E-state index contributed by atoms with van der Waals surface area (Å²) in [6, 6.07) is 14.8. The Bertz CT molecular complexity index is 1290. The van der Waals surface area contributed by atoms with Crippen LogP contribution in [0.3, 0.4) is 0 Å². The minimum absolute atomic E-state index is 0.0428. The van der Waals surface area contributed by atoms with Crippen LogP contribution in [0, 0.1) is 0 Å². The number of alkyl halides is 6. The van der Waals surface area contributed by atoms with E-state index in [0.29, 0.717) is 12.1 Å². The van der Waals surface area contributed by atoms with Gasteiger partial charge in [0.25, 0.3) is 0 Å². The predicted molar refractivity (Wildman–Crippen MR) is 144 cm³/mol. The van der Waals surface area contributed by atoms with E-state index in [1.54, 1.807) is 6.33 Å². The molecule has 2 aromatic carbocycles. The fraction of sp³-hybridized carbons (Fsp3) is 0.464. The number of aromatic nitrogens is 2. The van der Waals surface area contributed by atoms with Crippen LogP contribution in [0.1, 0.15) is 52.0 Å². The average molecular weight is 622 g/mol. The van der Waals surface area contributed by atoms with Crippen molar-refractivity contribution in [1.29, 1.82) is 0 Å². The zero-order valence-electron chi connectivity index (χ0n) is 23.6. The zero-order valence-corrected chi connectivity index (χ0v) is 23.6. The highest BCUT2D eigenvalue weighted by atomic mass is 19.4. The Labute approximate surface area is 243 Å². The summed E-state index contributed by atoms with van der Waals surface area (Å²) in [4.78, 5) is 25.1. The number of nitrogens with one attached hydrogen (secondary N) is 2. The molecule has 238 valence electrons. The van der Waals surface area contributed by atoms with Crippen LogP contribution in [0.5, 0.6) is 11.5 Å². The van der Waals surface area contributed by atoms with Gasteiger partial charge in [0.15, 0.2) is 0 Å². The molecule has 15 heteroatoms. The fourth-order valence-corrected chi connectivity index (χ4v) is 3.94. The van der Waals surface area contributed by atoms with Crippen molar-refractivity contribution in [3.63, 3.8) is 0 Å². The summed E-state index contributed by atoms with van der Waals surface area (Å²) in [5, 5.41) is 18.0. The SMILES string of the molecule is CC(C)(C)OC1CCC(NCc2ccc(Oc3ccc4nc[nH]c4c3)cc2)CC1.O=C(O)C(F)(F)F.O=C(O)C(F)(F)F. The molecule has 0 aliphatic heterocycles. The van der Waals surface area contributed by atoms with Gasteiger partial charge in [0, 0.05) is 18.7 Å². The van der Waals surface area contributed by atoms with Crippen LogP contribution in [0.25, 0.3) is 11.0 Å². The van der Waals surface area contributed by atoms with Gasteiger partial charge in [0.05, 0.1) is 29.1 Å². The van der Waals surface area contributed by atoms with Gasteiger partial charge in [0.1, 0.15) is 11.5 Å². The Balaban J connectivity index is 0.000000384. The van der Waals surface area contributed by atoms with E-state index < -0.39 is 24.3 Å². The molecule has 0 amide bonds. The second-order valence-electron chi connectivity index (χ2n) is 10.5. The molecule has 4 rings (SSSR count). The summed E-state index contributed by atoms with van der Waals surface area (Å²) < 4.78 is 75.6. The first-order valence-corrected chi connectivity index (χ1v) is 13.0. The number of aromatic amines is 1. The quantitative estimate of drug-likeness (QED) is 0.220. The van der Waals surface area contributed by atoms with Crippen LogP contribution in [0.15, 0.2) is 48.8 Å². The molecule has 0 radical (unpaired) electrons. The third kappa shape index (κ3) is 13.3. The Morgan fingerprint density at radius 3 is 1.88 bits per heavy atom. The molecule has 1 saturated carbocycles. The topological polar surface area (TPSA) is 134 Å². The number of H-pyrrole nitrogens is 1. The summed E-state index contributed by atoms with van der Waals surface area (Å²) in [6.07, 6.45) is -3.42. The molecule has 43 heavy (non-hydrogen) atoms. The molecule has 9 nitrogen and oxygen atoms in total. The van der Waals surface area contributed by atoms with E-state index in [4.69, 9.17) is 29.3 Å². The lowest BCUT2D eigenvalue weighted by Crippen LogP contribution is -2.37. The third-order valence-electron chi connectivity index (χ3n) is 5.83. The number of hydrogen-bond donors (Lipinski definition) is 4. The van der Waals surface area contributed by atoms with Crippen LogP contribution >= 0.6 is 0 Å². The first-order chi connectivity index (χ1) is 19.8. The van der Waals surface area contributed by atoms with Gasteiger partial charge < -0.3 is 30.0 Å². The number of benzene rings is 2. The molecular weight excluding hydrogens is 588 g/mol. The lowest BCUT2D eigenvalue weighted by Gasteiger charge is -2.33. The normalized spacial score (nSPS) is 17.2. The van der Waals surface area contributed by atoms with Crippen molar-refractivity contribution >= 4 is 23.0 Å². The number of imidazole rings is 1. The van der Waals surface area contributed by atoms with Gasteiger partial charge in [-0.05, 0) is 76.3 Å². The number of carboxylic acid groups (broad SMARTS) is 2. The Morgan fingerprint density at radius 1 is 0.884 bits per heavy atom. The van der Waals surface area contributed by atoms with E-state index in [9.17, 15) is 26.3 Å². The molecule has 0 spiro atoms. The van der Waals surface area contributed by atoms with Crippen LogP contribution < -0.4 is 10.1 Å². The van der Waals surface area contributed by atoms with Crippen LogP contribution in [-0.2, 0) is 20.9 Å². The molecule has 0 atom stereocenters. The van der Waals surface area contributed by atoms with Gasteiger partial charge in [-0.3, -0.25) is 0 Å². The maximum Gasteiger partial charge on any atom is 0.490 e. The second kappa shape index (κ2) is 15.0. The smallest absolute Gasteiger partial charge is 0.475 e. The number of aliphatic carboxylic acids is 2. The van der Waals surface area contributed by atoms with Crippen molar-refractivity contribution in [2.24, 2.45) is 0 Å². The summed E-state index contributed by atoms with van der Waals surface area (Å²) in [7, 11) is 0. The Hall–Kier alpha value is -3.85. The fourth-order valence-electron chi connectivity index (χ4n) is 3.94. The number of fused-ring (bicyclic) bond motifs is 1. The van der Waals surface area contributed by atoms with Crippen molar-refractivity contribution < 1.29 is 55.6 Å². The van der Waals surface area contributed by atoms with Gasteiger partial charge in [-0.15, -0.1) is 0 Å². The standard InChI is InChI=1S/C24H31N3O2.2C2HF3O2/c1-24(2,3)29-20-10-6-18(7-11-20)25-15-17-4-8-19(9-5-17)28-21-12-13-22-23(14-21)27-16-26-22;2*3-2(4,5)1(6)7/h4-5,8-9,12-14,16,18,20,25H,6-7,10-11,15H2,1-3H3,(H,26,27);2*(H,6,7). The number of carboxylic acids is 2. The molecule has 3 aromatic rings. The Kier molecular flexibility index (Phi) is 12.4. The summed E-state index contributed by atoms with van der Waals surface area (Å²) in [5.74, 6) is -3.87. The molecule has 1 aliphatic carbocycles. The molecule has 1 fully saturated rings. The molecule has 0 unspecified atom stereocenters. The summed E-state index contributed by atoms with van der Waals surface area (Å²) in [5.41, 5.74) is 3.15. The van der Waals surface area contributed by atoms with Crippen molar-refractivity contribution in [1.82, 2.24) is 15.3 Å². The van der Waals surface area contributed by atoms with Gasteiger partial charge >= 0.3 is 24.3 Å². The highest BCUT2D eigenvalue weighted by Crippen LogP contribution is 2.27. The van der Waals surface area contributed by atoms with E-state index in [0.717, 1.165) is 41.9 Å². The van der Waals surface area contributed by atoms with Crippen molar-refractivity contribution in [3.05, 3.63) is 54.4 Å². The summed E-state index contributed by atoms with van der Waals surface area (Å²) >= 11 is 0. The zero-order chi connectivity index (χ0) is 32.4. The van der Waals surface area contributed by atoms with Crippen LogP contribution in [0.4, 0.5) is 26.3 Å². The van der Waals surface area contributed by atoms with Crippen LogP contribution in [0.2, 0.25) is 0 Å². The molecule has 4 N–H and O–H groups in total. The second-order valence-corrected chi connectivity index (χ2v) is 10.5. The third-order valence-corrected chi connectivity index (χ3v) is 5.83. The maximum atomic E-state index is 10.6. The van der Waals surface area contributed by atoms with Crippen molar-refractivity contribution in [3.8, 4) is 11.5 Å². The molecular formula is C28H33F6N3O6. The van der Waals surface area contributed by atoms with Crippen molar-refractivity contribution in [2.75, 3.05) is 0 Å². The van der Waals surface area contributed by atoms with Crippen molar-refractivity contribution in [2.45, 2.75) is 83.1 Å². The largest absolute Gasteiger partial charge is 0.490 e. The van der Waals surface area contributed by atoms with Crippen LogP contribution in [-0.4, -0.2) is 62.2 Å². The minimum Gasteiger partial charge on any atom is -0.475 e. The predicted octanol–water partition coefficient (Wildman–Crippen LogP) is 6.84. The van der Waals surface area contributed by atoms with E-state index in [1.807, 2.05) is 30.3 Å². The lowest BCUT2D eigenvalue weighted by molar-refractivity contribution is -0.193. The van der Waals surface area contributed by atoms with Gasteiger partial charge in [-0.1, -0.05) is 12.1 Å². The van der Waals surface area contributed by atoms with Gasteiger partial charge in [-0.25, -0.2) is 14.6 Å².